The Kier molecular flexibility index (Phi) is 5.18. The Hall–Kier alpha value is -0.843. The van der Waals surface area contributed by atoms with Crippen LogP contribution >= 0.6 is 0 Å². The number of benzene rings is 1. The van der Waals surface area contributed by atoms with Crippen LogP contribution in [0.4, 0.5) is 0 Å². The van der Waals surface area contributed by atoms with E-state index < -0.39 is 14.6 Å². The average Bonchev–Trinajstić information content (AvgIpc) is 2.27. The molecule has 0 amide bonds. The van der Waals surface area contributed by atoms with E-state index in [0.717, 1.165) is 11.3 Å². The molecule has 1 aromatic rings. The molecule has 3 nitrogen and oxygen atoms in total. The lowest BCUT2D eigenvalue weighted by atomic mass is 10.1. The van der Waals surface area contributed by atoms with Crippen molar-refractivity contribution in [2.45, 2.75) is 51.6 Å². The van der Waals surface area contributed by atoms with Gasteiger partial charge in [0.2, 0.25) is 8.32 Å². The standard InChI is InChI=1S/C15H26O3Si/c1-15(2,3)19(5,6)18-13-9-7-8-12(10-13)11-14(16)17-4/h7-10,14,16H,11H2,1-6H3. The maximum absolute atomic E-state index is 9.51. The number of aliphatic hydroxyl groups excluding tert-OH is 1. The second-order valence-electron chi connectivity index (χ2n) is 6.40. The van der Waals surface area contributed by atoms with Crippen LogP contribution < -0.4 is 4.43 Å². The lowest BCUT2D eigenvalue weighted by Crippen LogP contribution is -2.43. The third-order valence-corrected chi connectivity index (χ3v) is 8.12. The SMILES string of the molecule is COC(O)Cc1cccc(O[Si](C)(C)C(C)(C)C)c1. The largest absolute Gasteiger partial charge is 0.543 e. The molecule has 0 aliphatic rings. The summed E-state index contributed by atoms with van der Waals surface area (Å²) in [4.78, 5) is 0. The fourth-order valence-electron chi connectivity index (χ4n) is 1.47. The van der Waals surface area contributed by atoms with Gasteiger partial charge in [-0.1, -0.05) is 32.9 Å². The van der Waals surface area contributed by atoms with Crippen LogP contribution in [-0.2, 0) is 11.2 Å². The molecule has 0 spiro atoms. The molecule has 108 valence electrons. The van der Waals surface area contributed by atoms with E-state index in [9.17, 15) is 5.11 Å². The predicted octanol–water partition coefficient (Wildman–Crippen LogP) is 3.58. The van der Waals surface area contributed by atoms with Gasteiger partial charge in [0.15, 0.2) is 6.29 Å². The van der Waals surface area contributed by atoms with Gasteiger partial charge in [0.25, 0.3) is 0 Å². The van der Waals surface area contributed by atoms with Gasteiger partial charge in [-0.05, 0) is 35.8 Å². The molecule has 0 aromatic heterocycles. The van der Waals surface area contributed by atoms with E-state index in [2.05, 4.69) is 33.9 Å². The molecule has 0 aliphatic heterocycles. The smallest absolute Gasteiger partial charge is 0.250 e. The first-order valence-electron chi connectivity index (χ1n) is 6.64. The molecule has 0 heterocycles. The molecule has 4 heteroatoms. The van der Waals surface area contributed by atoms with Gasteiger partial charge in [0.05, 0.1) is 0 Å². The van der Waals surface area contributed by atoms with Gasteiger partial charge in [0, 0.05) is 13.5 Å². The fourth-order valence-corrected chi connectivity index (χ4v) is 2.49. The molecule has 0 saturated heterocycles. The average molecular weight is 282 g/mol. The minimum Gasteiger partial charge on any atom is -0.543 e. The lowest BCUT2D eigenvalue weighted by molar-refractivity contribution is -0.0720. The third-order valence-electron chi connectivity index (χ3n) is 3.76. The van der Waals surface area contributed by atoms with Crippen LogP contribution in [0.3, 0.4) is 0 Å². The Morgan fingerprint density at radius 1 is 1.26 bits per heavy atom. The number of rotatable bonds is 5. The summed E-state index contributed by atoms with van der Waals surface area (Å²) in [5.41, 5.74) is 1.02. The Labute approximate surface area is 117 Å². The van der Waals surface area contributed by atoms with Crippen molar-refractivity contribution in [1.82, 2.24) is 0 Å². The normalized spacial score (nSPS) is 14.3. The first-order chi connectivity index (χ1) is 8.65. The molecule has 0 aliphatic carbocycles. The summed E-state index contributed by atoms with van der Waals surface area (Å²) in [6.07, 6.45) is -0.284. The minimum absolute atomic E-state index is 0.176. The van der Waals surface area contributed by atoms with Crippen LogP contribution in [0, 0.1) is 0 Å². The molecule has 1 N–H and O–H groups in total. The first kappa shape index (κ1) is 16.2. The lowest BCUT2D eigenvalue weighted by Gasteiger charge is -2.36. The zero-order chi connectivity index (χ0) is 14.7. The van der Waals surface area contributed by atoms with Gasteiger partial charge in [-0.3, -0.25) is 0 Å². The van der Waals surface area contributed by atoms with Crippen LogP contribution in [0.5, 0.6) is 5.75 Å². The second-order valence-corrected chi connectivity index (χ2v) is 11.1. The van der Waals surface area contributed by atoms with Crippen molar-refractivity contribution in [3.63, 3.8) is 0 Å². The highest BCUT2D eigenvalue weighted by molar-refractivity contribution is 6.74. The van der Waals surface area contributed by atoms with Gasteiger partial charge < -0.3 is 14.3 Å². The summed E-state index contributed by atoms with van der Waals surface area (Å²) >= 11 is 0. The monoisotopic (exact) mass is 282 g/mol. The number of methoxy groups -OCH3 is 1. The van der Waals surface area contributed by atoms with Crippen molar-refractivity contribution in [3.8, 4) is 5.75 Å². The van der Waals surface area contributed by atoms with Gasteiger partial charge in [-0.2, -0.15) is 0 Å². The Morgan fingerprint density at radius 2 is 1.89 bits per heavy atom. The highest BCUT2D eigenvalue weighted by atomic mass is 28.4. The van der Waals surface area contributed by atoms with Crippen LogP contribution in [0.15, 0.2) is 24.3 Å². The molecule has 1 aromatic carbocycles. The number of aliphatic hydroxyl groups is 1. The van der Waals surface area contributed by atoms with Crippen LogP contribution in [0.1, 0.15) is 26.3 Å². The Bertz CT molecular complexity index is 410. The summed E-state index contributed by atoms with van der Waals surface area (Å²) in [5, 5.41) is 9.69. The van der Waals surface area contributed by atoms with Gasteiger partial charge in [-0.25, -0.2) is 0 Å². The van der Waals surface area contributed by atoms with E-state index in [1.165, 1.54) is 7.11 Å². The van der Waals surface area contributed by atoms with E-state index in [1.54, 1.807) is 0 Å². The maximum atomic E-state index is 9.51. The zero-order valence-electron chi connectivity index (χ0n) is 12.9. The van der Waals surface area contributed by atoms with Crippen molar-refractivity contribution in [2.75, 3.05) is 7.11 Å². The summed E-state index contributed by atoms with van der Waals surface area (Å²) in [7, 11) is -0.310. The van der Waals surface area contributed by atoms with Crippen molar-refractivity contribution >= 4 is 8.32 Å². The van der Waals surface area contributed by atoms with Crippen LogP contribution in [-0.4, -0.2) is 26.8 Å². The van der Waals surface area contributed by atoms with Crippen molar-refractivity contribution < 1.29 is 14.3 Å². The third kappa shape index (κ3) is 4.64. The van der Waals surface area contributed by atoms with Crippen molar-refractivity contribution in [3.05, 3.63) is 29.8 Å². The highest BCUT2D eigenvalue weighted by Crippen LogP contribution is 2.37. The molecule has 1 atom stereocenters. The second kappa shape index (κ2) is 6.07. The van der Waals surface area contributed by atoms with E-state index in [1.807, 2.05) is 24.3 Å². The molecular weight excluding hydrogens is 256 g/mol. The zero-order valence-corrected chi connectivity index (χ0v) is 13.9. The van der Waals surface area contributed by atoms with Crippen molar-refractivity contribution in [1.29, 1.82) is 0 Å². The molecule has 1 unspecified atom stereocenters. The fraction of sp³-hybridized carbons (Fsp3) is 0.600. The molecule has 0 fully saturated rings. The summed E-state index contributed by atoms with van der Waals surface area (Å²) < 4.78 is 11.1. The Balaban J connectivity index is 2.83. The number of hydrogen-bond donors (Lipinski definition) is 1. The van der Waals surface area contributed by atoms with E-state index in [4.69, 9.17) is 9.16 Å². The van der Waals surface area contributed by atoms with E-state index in [0.29, 0.717) is 6.42 Å². The van der Waals surface area contributed by atoms with Crippen LogP contribution in [0.25, 0.3) is 0 Å². The minimum atomic E-state index is -1.81. The first-order valence-corrected chi connectivity index (χ1v) is 9.55. The van der Waals surface area contributed by atoms with Crippen molar-refractivity contribution in [2.24, 2.45) is 0 Å². The predicted molar refractivity (Wildman–Crippen MR) is 81.0 cm³/mol. The van der Waals surface area contributed by atoms with E-state index >= 15 is 0 Å². The molecule has 0 saturated carbocycles. The van der Waals surface area contributed by atoms with Gasteiger partial charge in [-0.15, -0.1) is 0 Å². The molecule has 1 rings (SSSR count). The van der Waals surface area contributed by atoms with Crippen LogP contribution in [0.2, 0.25) is 18.1 Å². The summed E-state index contributed by atoms with van der Waals surface area (Å²) in [6.45, 7) is 11.1. The number of hydrogen-bond acceptors (Lipinski definition) is 3. The van der Waals surface area contributed by atoms with Gasteiger partial charge in [0.1, 0.15) is 5.75 Å². The molecular formula is C15H26O3Si. The number of ether oxygens (including phenoxy) is 1. The van der Waals surface area contributed by atoms with E-state index in [-0.39, 0.29) is 5.04 Å². The molecule has 0 radical (unpaired) electrons. The van der Waals surface area contributed by atoms with Gasteiger partial charge >= 0.3 is 0 Å². The topological polar surface area (TPSA) is 38.7 Å². The highest BCUT2D eigenvalue weighted by Gasteiger charge is 2.38. The summed E-state index contributed by atoms with van der Waals surface area (Å²) in [5.74, 6) is 0.882. The Morgan fingerprint density at radius 3 is 2.42 bits per heavy atom. The molecule has 0 bridgehead atoms. The quantitative estimate of drug-likeness (QED) is 0.663. The maximum Gasteiger partial charge on any atom is 0.250 e. The summed E-state index contributed by atoms with van der Waals surface area (Å²) in [6, 6.07) is 7.90. The molecule has 19 heavy (non-hydrogen) atoms.